The molecule has 4 heteroatoms. The number of morpholine rings is 1. The molecular formula is C18H29ClN2O. The lowest BCUT2D eigenvalue weighted by Crippen LogP contribution is -2.40. The van der Waals surface area contributed by atoms with E-state index < -0.39 is 0 Å². The Morgan fingerprint density at radius 2 is 1.82 bits per heavy atom. The minimum absolute atomic E-state index is 0.591. The van der Waals surface area contributed by atoms with E-state index in [0.717, 1.165) is 51.0 Å². The van der Waals surface area contributed by atoms with Gasteiger partial charge in [-0.1, -0.05) is 37.6 Å². The molecule has 1 aliphatic rings. The van der Waals surface area contributed by atoms with E-state index in [0.29, 0.717) is 11.8 Å². The van der Waals surface area contributed by atoms with Gasteiger partial charge in [0.05, 0.1) is 13.2 Å². The number of rotatable bonds is 8. The van der Waals surface area contributed by atoms with Gasteiger partial charge in [0.2, 0.25) is 0 Å². The van der Waals surface area contributed by atoms with E-state index in [4.69, 9.17) is 16.3 Å². The number of ether oxygens (including phenoxy) is 1. The lowest BCUT2D eigenvalue weighted by Gasteiger charge is -2.27. The summed E-state index contributed by atoms with van der Waals surface area (Å²) in [6, 6.07) is 8.33. The van der Waals surface area contributed by atoms with Crippen molar-refractivity contribution in [3.63, 3.8) is 0 Å². The fourth-order valence-electron chi connectivity index (χ4n) is 3.04. The van der Waals surface area contributed by atoms with Crippen LogP contribution in [-0.2, 0) is 4.74 Å². The summed E-state index contributed by atoms with van der Waals surface area (Å²) in [4.78, 5) is 2.47. The lowest BCUT2D eigenvalue weighted by atomic mass is 9.86. The van der Waals surface area contributed by atoms with Crippen molar-refractivity contribution in [2.24, 2.45) is 5.92 Å². The van der Waals surface area contributed by atoms with E-state index in [1.807, 2.05) is 12.1 Å². The summed E-state index contributed by atoms with van der Waals surface area (Å²) in [5.41, 5.74) is 1.40. The van der Waals surface area contributed by atoms with Crippen molar-refractivity contribution in [2.75, 3.05) is 45.9 Å². The summed E-state index contributed by atoms with van der Waals surface area (Å²) in [6.45, 7) is 11.7. The number of benzene rings is 1. The SMILES string of the molecule is CC(C)C(CCNCCN1CCOCC1)c1ccc(Cl)cc1. The molecule has 0 spiro atoms. The molecule has 1 aromatic rings. The van der Waals surface area contributed by atoms with Crippen molar-refractivity contribution >= 4 is 11.6 Å². The summed E-state index contributed by atoms with van der Waals surface area (Å²) in [5.74, 6) is 1.23. The van der Waals surface area contributed by atoms with Crippen molar-refractivity contribution < 1.29 is 4.74 Å². The molecule has 0 aliphatic carbocycles. The van der Waals surface area contributed by atoms with Crippen LogP contribution in [0.3, 0.4) is 0 Å². The Morgan fingerprint density at radius 1 is 1.14 bits per heavy atom. The summed E-state index contributed by atoms with van der Waals surface area (Å²) < 4.78 is 5.37. The molecule has 0 bridgehead atoms. The number of halogens is 1. The molecule has 1 aromatic carbocycles. The third kappa shape index (κ3) is 5.88. The Bertz CT molecular complexity index is 416. The van der Waals surface area contributed by atoms with Gasteiger partial charge in [-0.25, -0.2) is 0 Å². The number of nitrogens with zero attached hydrogens (tertiary/aromatic N) is 1. The zero-order valence-corrected chi connectivity index (χ0v) is 14.6. The fraction of sp³-hybridized carbons (Fsp3) is 0.667. The van der Waals surface area contributed by atoms with Crippen LogP contribution < -0.4 is 5.32 Å². The second kappa shape index (κ2) is 9.51. The van der Waals surface area contributed by atoms with Gasteiger partial charge >= 0.3 is 0 Å². The minimum Gasteiger partial charge on any atom is -0.379 e. The Morgan fingerprint density at radius 3 is 2.45 bits per heavy atom. The van der Waals surface area contributed by atoms with Crippen molar-refractivity contribution in [3.8, 4) is 0 Å². The average Bonchev–Trinajstić information content (AvgIpc) is 2.53. The highest BCUT2D eigenvalue weighted by atomic mass is 35.5. The van der Waals surface area contributed by atoms with Gasteiger partial charge in [0.15, 0.2) is 0 Å². The van der Waals surface area contributed by atoms with E-state index in [1.54, 1.807) is 0 Å². The first kappa shape index (κ1) is 17.7. The second-order valence-corrected chi connectivity index (χ2v) is 6.83. The molecule has 3 nitrogen and oxygen atoms in total. The molecule has 1 fully saturated rings. The quantitative estimate of drug-likeness (QED) is 0.742. The van der Waals surface area contributed by atoms with Crippen LogP contribution in [-0.4, -0.2) is 50.8 Å². The monoisotopic (exact) mass is 324 g/mol. The molecule has 1 aliphatic heterocycles. The molecule has 124 valence electrons. The maximum absolute atomic E-state index is 5.99. The van der Waals surface area contributed by atoms with Crippen LogP contribution in [0.5, 0.6) is 0 Å². The maximum Gasteiger partial charge on any atom is 0.0594 e. The zero-order valence-electron chi connectivity index (χ0n) is 13.9. The Hall–Kier alpha value is -0.610. The van der Waals surface area contributed by atoms with Crippen molar-refractivity contribution in [2.45, 2.75) is 26.2 Å². The van der Waals surface area contributed by atoms with Crippen LogP contribution >= 0.6 is 11.6 Å². The van der Waals surface area contributed by atoms with E-state index in [-0.39, 0.29) is 0 Å². The fourth-order valence-corrected chi connectivity index (χ4v) is 3.17. The first-order chi connectivity index (χ1) is 10.7. The molecule has 0 radical (unpaired) electrons. The van der Waals surface area contributed by atoms with Crippen LogP contribution in [0, 0.1) is 5.92 Å². The number of hydrogen-bond donors (Lipinski definition) is 1. The molecule has 1 atom stereocenters. The summed E-state index contributed by atoms with van der Waals surface area (Å²) in [6.07, 6.45) is 1.17. The Labute approximate surface area is 140 Å². The van der Waals surface area contributed by atoms with Crippen molar-refractivity contribution in [1.29, 1.82) is 0 Å². The Kier molecular flexibility index (Phi) is 7.67. The minimum atomic E-state index is 0.591. The molecule has 1 unspecified atom stereocenters. The summed E-state index contributed by atoms with van der Waals surface area (Å²) in [7, 11) is 0. The summed E-state index contributed by atoms with van der Waals surface area (Å²) in [5, 5.41) is 4.41. The zero-order chi connectivity index (χ0) is 15.8. The Balaban J connectivity index is 1.69. The van der Waals surface area contributed by atoms with Crippen LogP contribution in [0.4, 0.5) is 0 Å². The van der Waals surface area contributed by atoms with Gasteiger partial charge in [-0.15, -0.1) is 0 Å². The number of hydrogen-bond acceptors (Lipinski definition) is 3. The van der Waals surface area contributed by atoms with Crippen LogP contribution in [0.1, 0.15) is 31.7 Å². The molecule has 0 saturated carbocycles. The highest BCUT2D eigenvalue weighted by molar-refractivity contribution is 6.30. The highest BCUT2D eigenvalue weighted by Crippen LogP contribution is 2.28. The third-order valence-corrected chi connectivity index (χ3v) is 4.70. The molecule has 2 rings (SSSR count). The van der Waals surface area contributed by atoms with E-state index in [2.05, 4.69) is 36.2 Å². The largest absolute Gasteiger partial charge is 0.379 e. The van der Waals surface area contributed by atoms with E-state index in [1.165, 1.54) is 12.0 Å². The molecular weight excluding hydrogens is 296 g/mol. The topological polar surface area (TPSA) is 24.5 Å². The van der Waals surface area contributed by atoms with Crippen molar-refractivity contribution in [1.82, 2.24) is 10.2 Å². The van der Waals surface area contributed by atoms with E-state index in [9.17, 15) is 0 Å². The molecule has 1 N–H and O–H groups in total. The molecule has 0 amide bonds. The highest BCUT2D eigenvalue weighted by Gasteiger charge is 2.15. The third-order valence-electron chi connectivity index (χ3n) is 4.44. The van der Waals surface area contributed by atoms with Gasteiger partial charge in [-0.2, -0.15) is 0 Å². The van der Waals surface area contributed by atoms with Gasteiger partial charge in [-0.3, -0.25) is 4.90 Å². The lowest BCUT2D eigenvalue weighted by molar-refractivity contribution is 0.0384. The standard InChI is InChI=1S/C18H29ClN2O/c1-15(2)18(16-3-5-17(19)6-4-16)7-8-20-9-10-21-11-13-22-14-12-21/h3-6,15,18,20H,7-14H2,1-2H3. The van der Waals surface area contributed by atoms with E-state index >= 15 is 0 Å². The van der Waals surface area contributed by atoms with Crippen LogP contribution in [0.15, 0.2) is 24.3 Å². The molecule has 1 saturated heterocycles. The average molecular weight is 325 g/mol. The van der Waals surface area contributed by atoms with Crippen molar-refractivity contribution in [3.05, 3.63) is 34.9 Å². The predicted molar refractivity (Wildman–Crippen MR) is 93.8 cm³/mol. The predicted octanol–water partition coefficient (Wildman–Crippen LogP) is 3.39. The van der Waals surface area contributed by atoms with Gasteiger partial charge in [0.1, 0.15) is 0 Å². The normalized spacial score (nSPS) is 17.8. The summed E-state index contributed by atoms with van der Waals surface area (Å²) >= 11 is 5.99. The molecule has 0 aromatic heterocycles. The van der Waals surface area contributed by atoms with Gasteiger partial charge in [-0.05, 0) is 42.5 Å². The smallest absolute Gasteiger partial charge is 0.0594 e. The van der Waals surface area contributed by atoms with Crippen LogP contribution in [0.25, 0.3) is 0 Å². The number of nitrogens with one attached hydrogen (secondary N) is 1. The van der Waals surface area contributed by atoms with Crippen LogP contribution in [0.2, 0.25) is 5.02 Å². The van der Waals surface area contributed by atoms with Gasteiger partial charge < -0.3 is 10.1 Å². The molecule has 22 heavy (non-hydrogen) atoms. The maximum atomic E-state index is 5.99. The first-order valence-electron chi connectivity index (χ1n) is 8.43. The second-order valence-electron chi connectivity index (χ2n) is 6.39. The molecule has 1 heterocycles. The first-order valence-corrected chi connectivity index (χ1v) is 8.81. The van der Waals surface area contributed by atoms with Gasteiger partial charge in [0, 0.05) is 31.2 Å². The van der Waals surface area contributed by atoms with Gasteiger partial charge in [0.25, 0.3) is 0 Å².